The van der Waals surface area contributed by atoms with Crippen LogP contribution in [-0.4, -0.2) is 55.0 Å². The summed E-state index contributed by atoms with van der Waals surface area (Å²) in [7, 11) is 0. The number of nitrogens with zero attached hydrogens (tertiary/aromatic N) is 1. The summed E-state index contributed by atoms with van der Waals surface area (Å²) in [6.45, 7) is 15.3. The van der Waals surface area contributed by atoms with Crippen LogP contribution in [0.2, 0.25) is 0 Å². The van der Waals surface area contributed by atoms with Gasteiger partial charge in [0.15, 0.2) is 0 Å². The van der Waals surface area contributed by atoms with Gasteiger partial charge in [0.25, 0.3) is 0 Å². The second kappa shape index (κ2) is 10.9. The summed E-state index contributed by atoms with van der Waals surface area (Å²) in [5.74, 6) is -0.954. The third-order valence-electron chi connectivity index (χ3n) is 5.05. The molecule has 5 heteroatoms. The first-order chi connectivity index (χ1) is 11.3. The van der Waals surface area contributed by atoms with Crippen molar-refractivity contribution in [2.24, 2.45) is 5.41 Å². The molecule has 0 amide bonds. The maximum atomic E-state index is 12.4. The topological polar surface area (TPSA) is 46.5 Å². The van der Waals surface area contributed by atoms with E-state index in [1.807, 2.05) is 30.3 Å². The lowest BCUT2D eigenvalue weighted by molar-refractivity contribution is -0.929. The molecule has 0 aromatic heterocycles. The molecule has 1 aromatic rings. The van der Waals surface area contributed by atoms with Gasteiger partial charge in [-0.1, -0.05) is 44.2 Å². The Hall–Kier alpha value is -0.910. The van der Waals surface area contributed by atoms with E-state index in [0.29, 0.717) is 6.61 Å². The van der Waals surface area contributed by atoms with Crippen molar-refractivity contribution in [3.8, 4) is 0 Å². The fourth-order valence-electron chi connectivity index (χ4n) is 3.33. The number of aliphatic hydroxyl groups excluding tert-OH is 1. The summed E-state index contributed by atoms with van der Waals surface area (Å²) < 4.78 is 6.61. The van der Waals surface area contributed by atoms with Crippen molar-refractivity contribution in [2.75, 3.05) is 39.4 Å². The van der Waals surface area contributed by atoms with Crippen LogP contribution in [0.5, 0.6) is 0 Å². The van der Waals surface area contributed by atoms with E-state index in [1.54, 1.807) is 0 Å². The zero-order chi connectivity index (χ0) is 18.2. The smallest absolute Gasteiger partial charge is 0.315 e. The van der Waals surface area contributed by atoms with E-state index in [0.717, 1.165) is 36.2 Å². The predicted molar refractivity (Wildman–Crippen MR) is 97.8 cm³/mol. The monoisotopic (exact) mass is 415 g/mol. The van der Waals surface area contributed by atoms with Gasteiger partial charge in [-0.2, -0.15) is 0 Å². The van der Waals surface area contributed by atoms with Gasteiger partial charge in [0.2, 0.25) is 0 Å². The Morgan fingerprint density at radius 3 is 2.08 bits per heavy atom. The molecule has 4 nitrogen and oxygen atoms in total. The van der Waals surface area contributed by atoms with Crippen molar-refractivity contribution in [1.82, 2.24) is 0 Å². The fourth-order valence-corrected chi connectivity index (χ4v) is 3.33. The highest BCUT2D eigenvalue weighted by Crippen LogP contribution is 2.24. The predicted octanol–water partition coefficient (Wildman–Crippen LogP) is 0.212. The quantitative estimate of drug-likeness (QED) is 0.438. The molecular formula is C20H34BrNO3. The lowest BCUT2D eigenvalue weighted by atomic mass is 9.92. The second-order valence-electron chi connectivity index (χ2n) is 7.37. The highest BCUT2D eigenvalue weighted by Gasteiger charge is 2.33. The van der Waals surface area contributed by atoms with E-state index >= 15 is 0 Å². The number of quaternary nitrogens is 1. The number of ether oxygens (including phenoxy) is 1. The summed E-state index contributed by atoms with van der Waals surface area (Å²) >= 11 is 0. The molecule has 0 spiro atoms. The number of benzene rings is 1. The van der Waals surface area contributed by atoms with Crippen molar-refractivity contribution in [3.05, 3.63) is 35.9 Å². The first kappa shape index (κ1) is 24.1. The maximum absolute atomic E-state index is 12.4. The van der Waals surface area contributed by atoms with Crippen LogP contribution in [0.1, 0.15) is 46.1 Å². The van der Waals surface area contributed by atoms with E-state index in [9.17, 15) is 9.90 Å². The molecule has 0 aliphatic rings. The zero-order valence-electron chi connectivity index (χ0n) is 16.3. The Bertz CT molecular complexity index is 493. The molecule has 0 fully saturated rings. The molecule has 1 N–H and O–H groups in total. The minimum atomic E-state index is -0.607. The maximum Gasteiger partial charge on any atom is 0.315 e. The van der Waals surface area contributed by atoms with Gasteiger partial charge in [-0.05, 0) is 26.3 Å². The van der Waals surface area contributed by atoms with Crippen LogP contribution in [0.15, 0.2) is 30.3 Å². The summed E-state index contributed by atoms with van der Waals surface area (Å²) in [6.07, 6.45) is 0. The number of hydrogen-bond donors (Lipinski definition) is 1. The molecule has 0 radical (unpaired) electrons. The van der Waals surface area contributed by atoms with Gasteiger partial charge in [-0.3, -0.25) is 4.79 Å². The average Bonchev–Trinajstić information content (AvgIpc) is 2.60. The molecule has 0 bridgehead atoms. The Morgan fingerprint density at radius 1 is 1.12 bits per heavy atom. The summed E-state index contributed by atoms with van der Waals surface area (Å²) in [5.41, 5.74) is 0.692. The third-order valence-corrected chi connectivity index (χ3v) is 5.05. The number of rotatable bonds is 10. The van der Waals surface area contributed by atoms with Gasteiger partial charge in [-0.25, -0.2) is 0 Å². The van der Waals surface area contributed by atoms with Crippen LogP contribution in [0.4, 0.5) is 0 Å². The standard InChI is InChI=1S/C20H34NO3.BrH/c1-6-21(7-2,8-3)15-20(4,5)16-24-19(23)18(14-22)17-12-10-9-11-13-17;/h9-13,18,22H,6-8,14-16H2,1-5H3;1H/q+1;/p-1. The molecule has 0 aliphatic carbocycles. The molecular weight excluding hydrogens is 382 g/mol. The van der Waals surface area contributed by atoms with E-state index in [1.165, 1.54) is 0 Å². The normalized spacial score (nSPS) is 13.0. The first-order valence-electron chi connectivity index (χ1n) is 9.00. The van der Waals surface area contributed by atoms with Crippen molar-refractivity contribution in [1.29, 1.82) is 0 Å². The summed E-state index contributed by atoms with van der Waals surface area (Å²) in [4.78, 5) is 12.4. The van der Waals surface area contributed by atoms with Crippen molar-refractivity contribution < 1.29 is 36.1 Å². The summed E-state index contributed by atoms with van der Waals surface area (Å²) in [6, 6.07) is 9.32. The van der Waals surface area contributed by atoms with Gasteiger partial charge in [0, 0.05) is 5.41 Å². The Morgan fingerprint density at radius 2 is 1.64 bits per heavy atom. The van der Waals surface area contributed by atoms with Gasteiger partial charge in [0.1, 0.15) is 12.5 Å². The van der Waals surface area contributed by atoms with E-state index in [2.05, 4.69) is 34.6 Å². The number of hydrogen-bond acceptors (Lipinski definition) is 3. The van der Waals surface area contributed by atoms with E-state index < -0.39 is 5.92 Å². The number of carbonyl (C=O) groups is 1. The van der Waals surface area contributed by atoms with Crippen LogP contribution in [0.25, 0.3) is 0 Å². The van der Waals surface area contributed by atoms with Gasteiger partial charge >= 0.3 is 5.97 Å². The Labute approximate surface area is 163 Å². The minimum absolute atomic E-state index is 0. The zero-order valence-corrected chi connectivity index (χ0v) is 17.9. The Balaban J connectivity index is 0.00000576. The largest absolute Gasteiger partial charge is 1.00 e. The van der Waals surface area contributed by atoms with Crippen LogP contribution in [0, 0.1) is 5.41 Å². The van der Waals surface area contributed by atoms with Crippen LogP contribution >= 0.6 is 0 Å². The lowest BCUT2D eigenvalue weighted by Crippen LogP contribution is -3.00. The second-order valence-corrected chi connectivity index (χ2v) is 7.37. The van der Waals surface area contributed by atoms with E-state index in [-0.39, 0.29) is 35.0 Å². The van der Waals surface area contributed by atoms with Crippen LogP contribution < -0.4 is 17.0 Å². The fraction of sp³-hybridized carbons (Fsp3) is 0.650. The average molecular weight is 416 g/mol. The number of aliphatic hydroxyl groups is 1. The Kier molecular flexibility index (Phi) is 10.5. The van der Waals surface area contributed by atoms with E-state index in [4.69, 9.17) is 4.74 Å². The molecule has 0 saturated heterocycles. The highest BCUT2D eigenvalue weighted by molar-refractivity contribution is 5.78. The lowest BCUT2D eigenvalue weighted by Gasteiger charge is -2.41. The molecule has 0 aliphatic heterocycles. The van der Waals surface area contributed by atoms with Crippen molar-refractivity contribution in [3.63, 3.8) is 0 Å². The number of esters is 1. The molecule has 25 heavy (non-hydrogen) atoms. The van der Waals surface area contributed by atoms with Gasteiger partial charge in [-0.15, -0.1) is 0 Å². The molecule has 1 unspecified atom stereocenters. The number of halogens is 1. The first-order valence-corrected chi connectivity index (χ1v) is 9.00. The SMILES string of the molecule is CC[N+](CC)(CC)CC(C)(C)COC(=O)C(CO)c1ccccc1.[Br-]. The van der Waals surface area contributed by atoms with Crippen molar-refractivity contribution >= 4 is 5.97 Å². The number of carbonyl (C=O) groups excluding carboxylic acids is 1. The van der Waals surface area contributed by atoms with Crippen molar-refractivity contribution in [2.45, 2.75) is 40.5 Å². The molecule has 144 valence electrons. The van der Waals surface area contributed by atoms with Crippen LogP contribution in [0.3, 0.4) is 0 Å². The molecule has 1 rings (SSSR count). The highest BCUT2D eigenvalue weighted by atomic mass is 79.9. The minimum Gasteiger partial charge on any atom is -1.00 e. The van der Waals surface area contributed by atoms with Gasteiger partial charge in [0.05, 0.1) is 32.8 Å². The molecule has 0 saturated carbocycles. The third kappa shape index (κ3) is 7.08. The van der Waals surface area contributed by atoms with Crippen LogP contribution in [-0.2, 0) is 9.53 Å². The molecule has 1 atom stereocenters. The summed E-state index contributed by atoms with van der Waals surface area (Å²) in [5, 5.41) is 9.58. The van der Waals surface area contributed by atoms with Gasteiger partial charge < -0.3 is 31.3 Å². The molecule has 0 heterocycles. The molecule has 1 aromatic carbocycles.